The lowest BCUT2D eigenvalue weighted by atomic mass is 10.1. The Kier molecular flexibility index (Phi) is 5.81. The number of nitrogen functional groups attached to an aromatic ring is 1. The van der Waals surface area contributed by atoms with Crippen LogP contribution in [0.5, 0.6) is 0 Å². The predicted molar refractivity (Wildman–Crippen MR) is 75.2 cm³/mol. The molecule has 0 aliphatic heterocycles. The lowest BCUT2D eigenvalue weighted by Gasteiger charge is -2.16. The van der Waals surface area contributed by atoms with Crippen LogP contribution in [0.15, 0.2) is 12.3 Å². The van der Waals surface area contributed by atoms with Crippen molar-refractivity contribution in [2.24, 2.45) is 0 Å². The second kappa shape index (κ2) is 7.15. The van der Waals surface area contributed by atoms with Crippen molar-refractivity contribution in [3.05, 3.63) is 17.8 Å². The van der Waals surface area contributed by atoms with Crippen molar-refractivity contribution < 1.29 is 0 Å². The molecular weight excluding hydrogens is 210 g/mol. The molecule has 1 aromatic rings. The van der Waals surface area contributed by atoms with Crippen LogP contribution in [-0.4, -0.2) is 11.0 Å². The smallest absolute Gasteiger partial charge is 0.149 e. The minimum Gasteiger partial charge on any atom is -0.396 e. The van der Waals surface area contributed by atoms with Crippen LogP contribution in [-0.2, 0) is 0 Å². The van der Waals surface area contributed by atoms with Gasteiger partial charge in [-0.15, -0.1) is 0 Å². The van der Waals surface area contributed by atoms with Crippen LogP contribution in [0.4, 0.5) is 11.5 Å². The third kappa shape index (κ3) is 4.63. The van der Waals surface area contributed by atoms with Crippen molar-refractivity contribution in [1.82, 2.24) is 4.98 Å². The van der Waals surface area contributed by atoms with E-state index in [0.29, 0.717) is 6.04 Å². The molecule has 3 N–H and O–H groups in total. The number of nitrogens with two attached hydrogens (primary N) is 1. The van der Waals surface area contributed by atoms with Crippen molar-refractivity contribution in [1.29, 1.82) is 0 Å². The van der Waals surface area contributed by atoms with Crippen LogP contribution >= 0.6 is 0 Å². The molecule has 3 heteroatoms. The van der Waals surface area contributed by atoms with Crippen molar-refractivity contribution in [3.63, 3.8) is 0 Å². The van der Waals surface area contributed by atoms with E-state index in [1.54, 1.807) is 6.20 Å². The average molecular weight is 235 g/mol. The van der Waals surface area contributed by atoms with E-state index in [-0.39, 0.29) is 0 Å². The zero-order valence-electron chi connectivity index (χ0n) is 11.3. The van der Waals surface area contributed by atoms with E-state index < -0.39 is 0 Å². The standard InChI is InChI=1S/C14H25N3/c1-4-5-6-7-8-12(3)17-14-13(15)11(2)9-10-16-14/h9-10,12H,4-8,15H2,1-3H3,(H,16,17). The molecule has 96 valence electrons. The van der Waals surface area contributed by atoms with Gasteiger partial charge in [-0.1, -0.05) is 32.6 Å². The summed E-state index contributed by atoms with van der Waals surface area (Å²) >= 11 is 0. The number of nitrogens with one attached hydrogen (secondary N) is 1. The molecule has 3 nitrogen and oxygen atoms in total. The maximum Gasteiger partial charge on any atom is 0.149 e. The van der Waals surface area contributed by atoms with Gasteiger partial charge < -0.3 is 11.1 Å². The SMILES string of the molecule is CCCCCCC(C)Nc1nccc(C)c1N. The van der Waals surface area contributed by atoms with E-state index in [9.17, 15) is 0 Å². The summed E-state index contributed by atoms with van der Waals surface area (Å²) in [4.78, 5) is 4.29. The summed E-state index contributed by atoms with van der Waals surface area (Å²) in [5, 5.41) is 3.39. The lowest BCUT2D eigenvalue weighted by molar-refractivity contribution is 0.593. The first-order valence-corrected chi connectivity index (χ1v) is 6.62. The molecule has 0 fully saturated rings. The Bertz CT molecular complexity index is 336. The number of unbranched alkanes of at least 4 members (excludes halogenated alkanes) is 3. The molecule has 17 heavy (non-hydrogen) atoms. The molecule has 0 radical (unpaired) electrons. The number of aryl methyl sites for hydroxylation is 1. The summed E-state index contributed by atoms with van der Waals surface area (Å²) < 4.78 is 0. The molecular formula is C14H25N3. The second-order valence-electron chi connectivity index (χ2n) is 4.78. The largest absolute Gasteiger partial charge is 0.396 e. The minimum atomic E-state index is 0.434. The van der Waals surface area contributed by atoms with Crippen LogP contribution in [0.2, 0.25) is 0 Å². The van der Waals surface area contributed by atoms with Gasteiger partial charge in [0.1, 0.15) is 5.82 Å². The van der Waals surface area contributed by atoms with E-state index in [0.717, 1.165) is 17.1 Å². The lowest BCUT2D eigenvalue weighted by Crippen LogP contribution is -2.17. The number of nitrogens with zero attached hydrogens (tertiary/aromatic N) is 1. The molecule has 0 amide bonds. The minimum absolute atomic E-state index is 0.434. The molecule has 1 unspecified atom stereocenters. The van der Waals surface area contributed by atoms with Gasteiger partial charge in [0.25, 0.3) is 0 Å². The first-order chi connectivity index (χ1) is 8.15. The number of pyridine rings is 1. The number of hydrogen-bond acceptors (Lipinski definition) is 3. The first kappa shape index (κ1) is 13.8. The van der Waals surface area contributed by atoms with Gasteiger partial charge in [0.15, 0.2) is 0 Å². The summed E-state index contributed by atoms with van der Waals surface area (Å²) in [6, 6.07) is 2.37. The third-order valence-electron chi connectivity index (χ3n) is 3.08. The Labute approximate surface area is 105 Å². The number of rotatable bonds is 7. The monoisotopic (exact) mass is 235 g/mol. The van der Waals surface area contributed by atoms with Crippen LogP contribution in [0.1, 0.15) is 51.5 Å². The Morgan fingerprint density at radius 3 is 2.82 bits per heavy atom. The highest BCUT2D eigenvalue weighted by Gasteiger charge is 2.06. The number of hydrogen-bond donors (Lipinski definition) is 2. The van der Waals surface area contributed by atoms with E-state index in [1.165, 1.54) is 32.1 Å². The molecule has 0 bridgehead atoms. The molecule has 0 spiro atoms. The quantitative estimate of drug-likeness (QED) is 0.708. The van der Waals surface area contributed by atoms with Gasteiger partial charge in [-0.2, -0.15) is 0 Å². The van der Waals surface area contributed by atoms with Gasteiger partial charge in [-0.05, 0) is 31.9 Å². The fourth-order valence-electron chi connectivity index (χ4n) is 1.87. The number of anilines is 2. The maximum atomic E-state index is 5.98. The summed E-state index contributed by atoms with van der Waals surface area (Å²) in [7, 11) is 0. The molecule has 1 rings (SSSR count). The molecule has 0 aliphatic carbocycles. The van der Waals surface area contributed by atoms with Crippen LogP contribution in [0, 0.1) is 6.92 Å². The molecule has 1 heterocycles. The molecule has 0 saturated heterocycles. The highest BCUT2D eigenvalue weighted by Crippen LogP contribution is 2.20. The summed E-state index contributed by atoms with van der Waals surface area (Å²) in [6.07, 6.45) is 8.19. The van der Waals surface area contributed by atoms with Gasteiger partial charge in [-0.25, -0.2) is 4.98 Å². The molecule has 1 atom stereocenters. The van der Waals surface area contributed by atoms with Crippen LogP contribution in [0.3, 0.4) is 0 Å². The second-order valence-corrected chi connectivity index (χ2v) is 4.78. The summed E-state index contributed by atoms with van der Waals surface area (Å²) in [5.41, 5.74) is 7.84. The molecule has 0 saturated carbocycles. The topological polar surface area (TPSA) is 50.9 Å². The van der Waals surface area contributed by atoms with Crippen LogP contribution in [0.25, 0.3) is 0 Å². The fraction of sp³-hybridized carbons (Fsp3) is 0.643. The van der Waals surface area contributed by atoms with E-state index in [4.69, 9.17) is 5.73 Å². The highest BCUT2D eigenvalue weighted by atomic mass is 15.0. The van der Waals surface area contributed by atoms with Crippen molar-refractivity contribution >= 4 is 11.5 Å². The maximum absolute atomic E-state index is 5.98. The van der Waals surface area contributed by atoms with Gasteiger partial charge in [0, 0.05) is 12.2 Å². The summed E-state index contributed by atoms with van der Waals surface area (Å²) in [5.74, 6) is 0.827. The van der Waals surface area contributed by atoms with E-state index >= 15 is 0 Å². The molecule has 0 aromatic carbocycles. The van der Waals surface area contributed by atoms with E-state index in [1.807, 2.05) is 13.0 Å². The fourth-order valence-corrected chi connectivity index (χ4v) is 1.87. The van der Waals surface area contributed by atoms with Gasteiger partial charge in [0.05, 0.1) is 5.69 Å². The van der Waals surface area contributed by atoms with Gasteiger partial charge >= 0.3 is 0 Å². The van der Waals surface area contributed by atoms with Crippen molar-refractivity contribution in [2.75, 3.05) is 11.1 Å². The zero-order chi connectivity index (χ0) is 12.7. The third-order valence-corrected chi connectivity index (χ3v) is 3.08. The van der Waals surface area contributed by atoms with Crippen LogP contribution < -0.4 is 11.1 Å². The molecule has 1 aromatic heterocycles. The Morgan fingerprint density at radius 1 is 1.35 bits per heavy atom. The predicted octanol–water partition coefficient (Wildman–Crippen LogP) is 3.74. The Morgan fingerprint density at radius 2 is 2.12 bits per heavy atom. The molecule has 0 aliphatic rings. The zero-order valence-corrected chi connectivity index (χ0v) is 11.3. The highest BCUT2D eigenvalue weighted by molar-refractivity contribution is 5.65. The normalized spacial score (nSPS) is 12.4. The van der Waals surface area contributed by atoms with E-state index in [2.05, 4.69) is 24.1 Å². The van der Waals surface area contributed by atoms with Crippen molar-refractivity contribution in [2.45, 2.75) is 58.9 Å². The number of aromatic nitrogens is 1. The Hall–Kier alpha value is -1.25. The van der Waals surface area contributed by atoms with Gasteiger partial charge in [-0.3, -0.25) is 0 Å². The average Bonchev–Trinajstić information content (AvgIpc) is 2.31. The van der Waals surface area contributed by atoms with Crippen molar-refractivity contribution in [3.8, 4) is 0 Å². The van der Waals surface area contributed by atoms with Gasteiger partial charge in [0.2, 0.25) is 0 Å². The Balaban J connectivity index is 2.39. The summed E-state index contributed by atoms with van der Waals surface area (Å²) in [6.45, 7) is 6.43. The first-order valence-electron chi connectivity index (χ1n) is 6.62.